The van der Waals surface area contributed by atoms with Crippen molar-refractivity contribution in [3.8, 4) is 5.75 Å². The fourth-order valence-electron chi connectivity index (χ4n) is 1.98. The van der Waals surface area contributed by atoms with Crippen LogP contribution in [0.5, 0.6) is 5.75 Å². The monoisotopic (exact) mass is 318 g/mol. The van der Waals surface area contributed by atoms with Crippen LogP contribution in [-0.2, 0) is 11.2 Å². The minimum Gasteiger partial charge on any atom is -0.496 e. The standard InChI is InChI=1S/C16H15ClN2O3/c1-22-14-7-4-12(17)8-11(14)9-15(20)19-13-5-2-10(3-6-13)16(18)21/h2-8H,9H2,1H3,(H2,18,21)(H,19,20). The van der Waals surface area contributed by atoms with E-state index in [1.54, 1.807) is 42.5 Å². The molecule has 0 heterocycles. The lowest BCUT2D eigenvalue weighted by atomic mass is 10.1. The van der Waals surface area contributed by atoms with E-state index in [0.717, 1.165) is 0 Å². The third kappa shape index (κ3) is 3.99. The molecule has 0 aliphatic rings. The Morgan fingerprint density at radius 2 is 1.86 bits per heavy atom. The summed E-state index contributed by atoms with van der Waals surface area (Å²) in [7, 11) is 1.53. The van der Waals surface area contributed by atoms with E-state index in [1.807, 2.05) is 0 Å². The molecule has 0 saturated heterocycles. The molecule has 2 amide bonds. The van der Waals surface area contributed by atoms with Crippen molar-refractivity contribution >= 4 is 29.1 Å². The fourth-order valence-corrected chi connectivity index (χ4v) is 2.18. The van der Waals surface area contributed by atoms with Crippen molar-refractivity contribution in [1.29, 1.82) is 0 Å². The average molecular weight is 319 g/mol. The molecule has 0 aromatic heterocycles. The summed E-state index contributed by atoms with van der Waals surface area (Å²) in [6.45, 7) is 0. The lowest BCUT2D eigenvalue weighted by Gasteiger charge is -2.10. The van der Waals surface area contributed by atoms with E-state index < -0.39 is 5.91 Å². The highest BCUT2D eigenvalue weighted by atomic mass is 35.5. The number of hydrogen-bond acceptors (Lipinski definition) is 3. The highest BCUT2D eigenvalue weighted by molar-refractivity contribution is 6.30. The summed E-state index contributed by atoms with van der Waals surface area (Å²) in [4.78, 5) is 23.1. The third-order valence-electron chi connectivity index (χ3n) is 3.05. The van der Waals surface area contributed by atoms with E-state index in [-0.39, 0.29) is 12.3 Å². The van der Waals surface area contributed by atoms with E-state index in [2.05, 4.69) is 5.32 Å². The van der Waals surface area contributed by atoms with Gasteiger partial charge >= 0.3 is 0 Å². The lowest BCUT2D eigenvalue weighted by Crippen LogP contribution is -2.15. The van der Waals surface area contributed by atoms with Crippen LogP contribution in [0.4, 0.5) is 5.69 Å². The van der Waals surface area contributed by atoms with Crippen LogP contribution in [0.25, 0.3) is 0 Å². The first-order valence-electron chi connectivity index (χ1n) is 6.51. The summed E-state index contributed by atoms with van der Waals surface area (Å²) >= 11 is 5.93. The number of ether oxygens (including phenoxy) is 1. The second kappa shape index (κ2) is 6.95. The van der Waals surface area contributed by atoms with Crippen LogP contribution in [0.3, 0.4) is 0 Å². The molecule has 0 radical (unpaired) electrons. The number of nitrogens with two attached hydrogens (primary N) is 1. The Bertz CT molecular complexity index is 699. The van der Waals surface area contributed by atoms with Crippen LogP contribution >= 0.6 is 11.6 Å². The Hall–Kier alpha value is -2.53. The zero-order valence-electron chi connectivity index (χ0n) is 11.9. The molecule has 2 aromatic rings. The van der Waals surface area contributed by atoms with Crippen molar-refractivity contribution in [2.75, 3.05) is 12.4 Å². The predicted octanol–water partition coefficient (Wildman–Crippen LogP) is 2.63. The van der Waals surface area contributed by atoms with Gasteiger partial charge < -0.3 is 15.8 Å². The molecule has 0 unspecified atom stereocenters. The van der Waals surface area contributed by atoms with Gasteiger partial charge in [-0.25, -0.2) is 0 Å². The topological polar surface area (TPSA) is 81.4 Å². The van der Waals surface area contributed by atoms with Gasteiger partial charge in [-0.1, -0.05) is 11.6 Å². The Labute approximate surface area is 133 Å². The fraction of sp³-hybridized carbons (Fsp3) is 0.125. The summed E-state index contributed by atoms with van der Waals surface area (Å²) in [5, 5.41) is 3.27. The third-order valence-corrected chi connectivity index (χ3v) is 3.28. The maximum absolute atomic E-state index is 12.1. The number of benzene rings is 2. The second-order valence-corrected chi connectivity index (χ2v) is 5.06. The van der Waals surface area contributed by atoms with Gasteiger partial charge in [-0.2, -0.15) is 0 Å². The molecule has 0 atom stereocenters. The number of nitrogens with one attached hydrogen (secondary N) is 1. The molecule has 0 aliphatic carbocycles. The Kier molecular flexibility index (Phi) is 5.01. The van der Waals surface area contributed by atoms with Crippen LogP contribution in [0.15, 0.2) is 42.5 Å². The van der Waals surface area contributed by atoms with Gasteiger partial charge in [0, 0.05) is 21.8 Å². The molecule has 6 heteroatoms. The molecule has 0 saturated carbocycles. The summed E-state index contributed by atoms with van der Waals surface area (Å²) in [5.74, 6) is -0.127. The van der Waals surface area contributed by atoms with E-state index in [4.69, 9.17) is 22.1 Å². The quantitative estimate of drug-likeness (QED) is 0.889. The number of carbonyl (C=O) groups excluding carboxylic acids is 2. The van der Waals surface area contributed by atoms with Gasteiger partial charge in [-0.15, -0.1) is 0 Å². The summed E-state index contributed by atoms with van der Waals surface area (Å²) in [6, 6.07) is 11.4. The first-order valence-corrected chi connectivity index (χ1v) is 6.89. The number of carbonyl (C=O) groups is 2. The van der Waals surface area contributed by atoms with Gasteiger partial charge in [0.25, 0.3) is 0 Å². The van der Waals surface area contributed by atoms with E-state index in [9.17, 15) is 9.59 Å². The molecule has 0 spiro atoms. The van der Waals surface area contributed by atoms with Gasteiger partial charge in [0.1, 0.15) is 5.75 Å². The molecule has 22 heavy (non-hydrogen) atoms. The van der Waals surface area contributed by atoms with Crippen LogP contribution in [0.1, 0.15) is 15.9 Å². The molecule has 114 valence electrons. The van der Waals surface area contributed by atoms with Gasteiger partial charge in [0.05, 0.1) is 13.5 Å². The molecule has 2 aromatic carbocycles. The Morgan fingerprint density at radius 3 is 2.45 bits per heavy atom. The zero-order valence-corrected chi connectivity index (χ0v) is 12.7. The summed E-state index contributed by atoms with van der Waals surface area (Å²) in [6.07, 6.45) is 0.126. The van der Waals surface area contributed by atoms with Gasteiger partial charge in [0.15, 0.2) is 0 Å². The maximum atomic E-state index is 12.1. The van der Waals surface area contributed by atoms with Crippen LogP contribution < -0.4 is 15.8 Å². The lowest BCUT2D eigenvalue weighted by molar-refractivity contribution is -0.115. The molecule has 0 aliphatic heterocycles. The number of hydrogen-bond donors (Lipinski definition) is 2. The highest BCUT2D eigenvalue weighted by Gasteiger charge is 2.10. The van der Waals surface area contributed by atoms with Crippen molar-refractivity contribution < 1.29 is 14.3 Å². The van der Waals surface area contributed by atoms with Crippen LogP contribution in [0, 0.1) is 0 Å². The first-order chi connectivity index (χ1) is 10.5. The molecule has 5 nitrogen and oxygen atoms in total. The second-order valence-electron chi connectivity index (χ2n) is 4.62. The van der Waals surface area contributed by atoms with Crippen molar-refractivity contribution in [2.24, 2.45) is 5.73 Å². The van der Waals surface area contributed by atoms with Crippen molar-refractivity contribution in [2.45, 2.75) is 6.42 Å². The Balaban J connectivity index is 2.07. The van der Waals surface area contributed by atoms with Gasteiger partial charge in [-0.05, 0) is 42.5 Å². The number of primary amides is 1. The smallest absolute Gasteiger partial charge is 0.248 e. The SMILES string of the molecule is COc1ccc(Cl)cc1CC(=O)Nc1ccc(C(N)=O)cc1. The average Bonchev–Trinajstić information content (AvgIpc) is 2.48. The summed E-state index contributed by atoms with van der Waals surface area (Å²) < 4.78 is 5.20. The predicted molar refractivity (Wildman–Crippen MR) is 85.3 cm³/mol. The summed E-state index contributed by atoms with van der Waals surface area (Å²) in [5.41, 5.74) is 6.82. The molecule has 2 rings (SSSR count). The number of methoxy groups -OCH3 is 1. The van der Waals surface area contributed by atoms with E-state index >= 15 is 0 Å². The zero-order chi connectivity index (χ0) is 16.1. The Morgan fingerprint density at radius 1 is 1.18 bits per heavy atom. The maximum Gasteiger partial charge on any atom is 0.248 e. The number of halogens is 1. The molecular formula is C16H15ClN2O3. The first kappa shape index (κ1) is 15.9. The van der Waals surface area contributed by atoms with E-state index in [1.165, 1.54) is 7.11 Å². The van der Waals surface area contributed by atoms with Crippen molar-refractivity contribution in [3.05, 3.63) is 58.6 Å². The molecular weight excluding hydrogens is 304 g/mol. The largest absolute Gasteiger partial charge is 0.496 e. The van der Waals surface area contributed by atoms with Gasteiger partial charge in [-0.3, -0.25) is 9.59 Å². The minimum absolute atomic E-state index is 0.126. The van der Waals surface area contributed by atoms with Crippen LogP contribution in [-0.4, -0.2) is 18.9 Å². The number of amides is 2. The number of rotatable bonds is 5. The van der Waals surface area contributed by atoms with E-state index in [0.29, 0.717) is 27.6 Å². The van der Waals surface area contributed by atoms with Crippen molar-refractivity contribution in [3.63, 3.8) is 0 Å². The van der Waals surface area contributed by atoms with Crippen molar-refractivity contribution in [1.82, 2.24) is 0 Å². The molecule has 3 N–H and O–H groups in total. The van der Waals surface area contributed by atoms with Crippen LogP contribution in [0.2, 0.25) is 5.02 Å². The minimum atomic E-state index is -0.512. The molecule has 0 bridgehead atoms. The molecule has 0 fully saturated rings. The van der Waals surface area contributed by atoms with Gasteiger partial charge in [0.2, 0.25) is 11.8 Å². The highest BCUT2D eigenvalue weighted by Crippen LogP contribution is 2.23. The normalized spacial score (nSPS) is 10.1. The number of anilines is 1.